The van der Waals surface area contributed by atoms with Gasteiger partial charge in [-0.2, -0.15) is 0 Å². The Kier molecular flexibility index (Phi) is 5.58. The van der Waals surface area contributed by atoms with E-state index >= 15 is 0 Å². The summed E-state index contributed by atoms with van der Waals surface area (Å²) >= 11 is 0. The normalized spacial score (nSPS) is 17.9. The Morgan fingerprint density at radius 2 is 1.91 bits per heavy atom. The van der Waals surface area contributed by atoms with Gasteiger partial charge in [0.15, 0.2) is 9.84 Å². The fourth-order valence-corrected chi connectivity index (χ4v) is 4.02. The number of nitrogens with two attached hydrogens (primary N) is 1. The maximum absolute atomic E-state index is 12.5. The number of rotatable bonds is 5. The van der Waals surface area contributed by atoms with Crippen LogP contribution in [0.5, 0.6) is 0 Å². The van der Waals surface area contributed by atoms with E-state index in [0.29, 0.717) is 12.5 Å². The third-order valence-electron chi connectivity index (χ3n) is 4.32. The average Bonchev–Trinajstić information content (AvgIpc) is 2.52. The number of sulfone groups is 1. The molecule has 0 heterocycles. The molecule has 1 fully saturated rings. The molecule has 6 heteroatoms. The molecule has 0 spiro atoms. The number of hydrogen-bond donors (Lipinski definition) is 2. The van der Waals surface area contributed by atoms with E-state index in [2.05, 4.69) is 5.32 Å². The van der Waals surface area contributed by atoms with Crippen molar-refractivity contribution in [2.45, 2.75) is 43.0 Å². The minimum absolute atomic E-state index is 0.0620. The first-order valence-corrected chi connectivity index (χ1v) is 9.62. The molecule has 5 nitrogen and oxygen atoms in total. The van der Waals surface area contributed by atoms with Crippen molar-refractivity contribution in [3.63, 3.8) is 0 Å². The summed E-state index contributed by atoms with van der Waals surface area (Å²) in [6.07, 6.45) is 6.80. The molecular formula is C16H24N2O3S. The van der Waals surface area contributed by atoms with Gasteiger partial charge in [0.05, 0.1) is 10.5 Å². The van der Waals surface area contributed by atoms with Crippen LogP contribution in [0.25, 0.3) is 0 Å². The van der Waals surface area contributed by atoms with E-state index in [-0.39, 0.29) is 22.4 Å². The lowest BCUT2D eigenvalue weighted by molar-refractivity contribution is 0.0912. The first-order chi connectivity index (χ1) is 10.4. The molecule has 1 aliphatic carbocycles. The second kappa shape index (κ2) is 7.24. The Hall–Kier alpha value is -1.40. The van der Waals surface area contributed by atoms with E-state index < -0.39 is 9.84 Å². The summed E-state index contributed by atoms with van der Waals surface area (Å²) in [5.74, 6) is 0.0233. The van der Waals surface area contributed by atoms with Gasteiger partial charge >= 0.3 is 0 Å². The SMILES string of the molecule is CS(=O)(=O)c1ccccc1C(=O)NC(CN)C1CCCCC1. The summed E-state index contributed by atoms with van der Waals surface area (Å²) in [6, 6.07) is 6.19. The number of carbonyl (C=O) groups is 1. The lowest BCUT2D eigenvalue weighted by Gasteiger charge is -2.30. The van der Waals surface area contributed by atoms with Crippen LogP contribution in [0.4, 0.5) is 0 Å². The smallest absolute Gasteiger partial charge is 0.252 e. The van der Waals surface area contributed by atoms with Crippen molar-refractivity contribution in [3.8, 4) is 0 Å². The summed E-state index contributed by atoms with van der Waals surface area (Å²) in [7, 11) is -3.44. The third-order valence-corrected chi connectivity index (χ3v) is 5.48. The molecule has 0 saturated heterocycles. The molecule has 1 aliphatic rings. The van der Waals surface area contributed by atoms with E-state index in [1.165, 1.54) is 12.5 Å². The summed E-state index contributed by atoms with van der Waals surface area (Å²) in [5, 5.41) is 2.94. The summed E-state index contributed by atoms with van der Waals surface area (Å²) in [6.45, 7) is 0.372. The molecular weight excluding hydrogens is 300 g/mol. The number of benzene rings is 1. The molecule has 122 valence electrons. The van der Waals surface area contributed by atoms with Crippen LogP contribution in [-0.2, 0) is 9.84 Å². The van der Waals surface area contributed by atoms with Gasteiger partial charge < -0.3 is 11.1 Å². The van der Waals surface area contributed by atoms with Crippen molar-refractivity contribution in [1.29, 1.82) is 0 Å². The van der Waals surface area contributed by atoms with Gasteiger partial charge in [-0.1, -0.05) is 31.4 Å². The number of nitrogens with one attached hydrogen (secondary N) is 1. The summed E-state index contributed by atoms with van der Waals surface area (Å²) < 4.78 is 23.6. The van der Waals surface area contributed by atoms with Gasteiger partial charge in [0.2, 0.25) is 0 Å². The molecule has 0 aliphatic heterocycles. The average molecular weight is 324 g/mol. The van der Waals surface area contributed by atoms with Crippen molar-refractivity contribution in [2.75, 3.05) is 12.8 Å². The molecule has 0 aromatic heterocycles. The molecule has 1 unspecified atom stereocenters. The van der Waals surface area contributed by atoms with Crippen molar-refractivity contribution >= 4 is 15.7 Å². The number of hydrogen-bond acceptors (Lipinski definition) is 4. The van der Waals surface area contributed by atoms with Gasteiger partial charge in [0.1, 0.15) is 0 Å². The molecule has 1 aromatic carbocycles. The van der Waals surface area contributed by atoms with Crippen molar-refractivity contribution in [2.24, 2.45) is 11.7 Å². The molecule has 3 N–H and O–H groups in total. The molecule has 1 amide bonds. The minimum Gasteiger partial charge on any atom is -0.348 e. The van der Waals surface area contributed by atoms with E-state index in [9.17, 15) is 13.2 Å². The van der Waals surface area contributed by atoms with Crippen LogP contribution in [0.2, 0.25) is 0 Å². The van der Waals surface area contributed by atoms with E-state index in [1.54, 1.807) is 18.2 Å². The first-order valence-electron chi connectivity index (χ1n) is 7.73. The van der Waals surface area contributed by atoms with Crippen LogP contribution in [-0.4, -0.2) is 33.2 Å². The van der Waals surface area contributed by atoms with Crippen molar-refractivity contribution in [1.82, 2.24) is 5.32 Å². The third kappa shape index (κ3) is 4.08. The topological polar surface area (TPSA) is 89.3 Å². The number of amides is 1. The standard InChI is InChI=1S/C16H24N2O3S/c1-22(20,21)15-10-6-5-9-13(15)16(19)18-14(11-17)12-7-3-2-4-8-12/h5-6,9-10,12,14H,2-4,7-8,11,17H2,1H3,(H,18,19). The van der Waals surface area contributed by atoms with Crippen molar-refractivity contribution < 1.29 is 13.2 Å². The van der Waals surface area contributed by atoms with Gasteiger partial charge in [-0.05, 0) is 30.9 Å². The number of carbonyl (C=O) groups excluding carboxylic acids is 1. The Morgan fingerprint density at radius 1 is 1.27 bits per heavy atom. The van der Waals surface area contributed by atoms with Crippen molar-refractivity contribution in [3.05, 3.63) is 29.8 Å². The van der Waals surface area contributed by atoms with Crippen LogP contribution in [0.3, 0.4) is 0 Å². The highest BCUT2D eigenvalue weighted by molar-refractivity contribution is 7.90. The highest BCUT2D eigenvalue weighted by Gasteiger charge is 2.26. The highest BCUT2D eigenvalue weighted by atomic mass is 32.2. The second-order valence-corrected chi connectivity index (χ2v) is 7.97. The van der Waals surface area contributed by atoms with E-state index in [4.69, 9.17) is 5.73 Å². The molecule has 1 aromatic rings. The minimum atomic E-state index is -3.44. The van der Waals surface area contributed by atoms with Gasteiger partial charge in [0, 0.05) is 18.8 Å². The molecule has 0 bridgehead atoms. The fraction of sp³-hybridized carbons (Fsp3) is 0.562. The predicted molar refractivity (Wildman–Crippen MR) is 86.4 cm³/mol. The van der Waals surface area contributed by atoms with Gasteiger partial charge in [-0.15, -0.1) is 0 Å². The predicted octanol–water partition coefficient (Wildman–Crippen LogP) is 1.73. The molecule has 0 radical (unpaired) electrons. The molecule has 1 atom stereocenters. The van der Waals surface area contributed by atoms with Crippen LogP contribution in [0.15, 0.2) is 29.2 Å². The Balaban J connectivity index is 2.18. The van der Waals surface area contributed by atoms with Crippen LogP contribution in [0, 0.1) is 5.92 Å². The van der Waals surface area contributed by atoms with Crippen LogP contribution >= 0.6 is 0 Å². The summed E-state index contributed by atoms with van der Waals surface area (Å²) in [5.41, 5.74) is 6.01. The Morgan fingerprint density at radius 3 is 2.50 bits per heavy atom. The van der Waals surface area contributed by atoms with E-state index in [0.717, 1.165) is 31.9 Å². The van der Waals surface area contributed by atoms with Crippen LogP contribution < -0.4 is 11.1 Å². The zero-order chi connectivity index (χ0) is 16.2. The first kappa shape index (κ1) is 17.0. The molecule has 2 rings (SSSR count). The Bertz CT molecular complexity index is 622. The highest BCUT2D eigenvalue weighted by Crippen LogP contribution is 2.26. The summed E-state index contributed by atoms with van der Waals surface area (Å²) in [4.78, 5) is 12.6. The maximum atomic E-state index is 12.5. The Labute approximate surface area is 132 Å². The lowest BCUT2D eigenvalue weighted by atomic mass is 9.84. The van der Waals surface area contributed by atoms with E-state index in [1.807, 2.05) is 0 Å². The zero-order valence-electron chi connectivity index (χ0n) is 12.9. The lowest BCUT2D eigenvalue weighted by Crippen LogP contribution is -2.46. The zero-order valence-corrected chi connectivity index (χ0v) is 13.7. The molecule has 22 heavy (non-hydrogen) atoms. The van der Waals surface area contributed by atoms with Gasteiger partial charge in [-0.3, -0.25) is 4.79 Å². The maximum Gasteiger partial charge on any atom is 0.252 e. The second-order valence-electron chi connectivity index (χ2n) is 5.98. The largest absolute Gasteiger partial charge is 0.348 e. The van der Waals surface area contributed by atoms with Crippen LogP contribution in [0.1, 0.15) is 42.5 Å². The van der Waals surface area contributed by atoms with Gasteiger partial charge in [0.25, 0.3) is 5.91 Å². The fourth-order valence-electron chi connectivity index (χ4n) is 3.13. The molecule has 1 saturated carbocycles. The quantitative estimate of drug-likeness (QED) is 0.863. The monoisotopic (exact) mass is 324 g/mol. The van der Waals surface area contributed by atoms with Gasteiger partial charge in [-0.25, -0.2) is 8.42 Å².